The number of ether oxygens (including phenoxy) is 1. The van der Waals surface area contributed by atoms with Gasteiger partial charge in [-0.15, -0.1) is 0 Å². The molecule has 0 unspecified atom stereocenters. The van der Waals surface area contributed by atoms with Crippen LogP contribution in [0.25, 0.3) is 0 Å². The van der Waals surface area contributed by atoms with Crippen LogP contribution in [-0.4, -0.2) is 17.1 Å². The summed E-state index contributed by atoms with van der Waals surface area (Å²) in [5, 5.41) is 3.05. The lowest BCUT2D eigenvalue weighted by Crippen LogP contribution is -1.99. The Morgan fingerprint density at radius 1 is 1.35 bits per heavy atom. The molecule has 1 heterocycles. The molecule has 3 N–H and O–H groups in total. The highest BCUT2D eigenvalue weighted by Crippen LogP contribution is 2.28. The van der Waals surface area contributed by atoms with Gasteiger partial charge < -0.3 is 15.8 Å². The second-order valence-corrected chi connectivity index (χ2v) is 4.13. The molecular weight excluding hydrogens is 284 g/mol. The molecule has 1 aromatic heterocycles. The van der Waals surface area contributed by atoms with Crippen LogP contribution < -0.4 is 15.8 Å². The summed E-state index contributed by atoms with van der Waals surface area (Å²) in [4.78, 5) is 8.11. The maximum Gasteiger partial charge on any atom is 0.229 e. The van der Waals surface area contributed by atoms with Crippen LogP contribution in [0.15, 0.2) is 34.9 Å². The van der Waals surface area contributed by atoms with Crippen molar-refractivity contribution in [2.75, 3.05) is 18.2 Å². The van der Waals surface area contributed by atoms with Gasteiger partial charge >= 0.3 is 0 Å². The maximum atomic E-state index is 5.57. The zero-order valence-corrected chi connectivity index (χ0v) is 10.7. The number of hydrogen-bond acceptors (Lipinski definition) is 5. The average Bonchev–Trinajstić information content (AvgIpc) is 2.29. The van der Waals surface area contributed by atoms with Gasteiger partial charge in [0.15, 0.2) is 0 Å². The Bertz CT molecular complexity index is 533. The van der Waals surface area contributed by atoms with Crippen LogP contribution in [-0.2, 0) is 0 Å². The summed E-state index contributed by atoms with van der Waals surface area (Å²) in [5.74, 6) is 1.65. The van der Waals surface area contributed by atoms with Gasteiger partial charge in [0.25, 0.3) is 0 Å². The summed E-state index contributed by atoms with van der Waals surface area (Å²) in [6.45, 7) is 0. The summed E-state index contributed by atoms with van der Waals surface area (Å²) >= 11 is 3.40. The smallest absolute Gasteiger partial charge is 0.229 e. The zero-order valence-electron chi connectivity index (χ0n) is 9.14. The highest BCUT2D eigenvalue weighted by atomic mass is 79.9. The highest BCUT2D eigenvalue weighted by Gasteiger charge is 2.03. The molecule has 17 heavy (non-hydrogen) atoms. The van der Waals surface area contributed by atoms with Gasteiger partial charge in [0, 0.05) is 11.9 Å². The van der Waals surface area contributed by atoms with Crippen molar-refractivity contribution in [1.82, 2.24) is 9.97 Å². The fourth-order valence-electron chi connectivity index (χ4n) is 1.31. The van der Waals surface area contributed by atoms with Gasteiger partial charge in [0.2, 0.25) is 5.95 Å². The van der Waals surface area contributed by atoms with E-state index < -0.39 is 0 Å². The summed E-state index contributed by atoms with van der Waals surface area (Å²) in [6.07, 6.45) is 1.60. The van der Waals surface area contributed by atoms with Crippen LogP contribution in [0, 0.1) is 0 Å². The first-order valence-corrected chi connectivity index (χ1v) is 5.67. The topological polar surface area (TPSA) is 73.1 Å². The SMILES string of the molecule is COc1ccc(Nc2nccc(N)n2)cc1Br. The lowest BCUT2D eigenvalue weighted by Gasteiger charge is -2.07. The lowest BCUT2D eigenvalue weighted by atomic mass is 10.3. The molecule has 0 amide bonds. The predicted molar refractivity (Wildman–Crippen MR) is 70.4 cm³/mol. The number of halogens is 1. The Morgan fingerprint density at radius 2 is 2.18 bits per heavy atom. The quantitative estimate of drug-likeness (QED) is 0.910. The molecule has 0 radical (unpaired) electrons. The Balaban J connectivity index is 2.22. The number of nitrogens with two attached hydrogens (primary N) is 1. The Kier molecular flexibility index (Phi) is 3.43. The van der Waals surface area contributed by atoms with E-state index in [0.717, 1.165) is 15.9 Å². The van der Waals surface area contributed by atoms with Gasteiger partial charge in [-0.25, -0.2) is 4.98 Å². The third-order valence-electron chi connectivity index (χ3n) is 2.09. The molecule has 5 nitrogen and oxygen atoms in total. The van der Waals surface area contributed by atoms with Crippen LogP contribution in [0.3, 0.4) is 0 Å². The van der Waals surface area contributed by atoms with E-state index in [9.17, 15) is 0 Å². The van der Waals surface area contributed by atoms with Gasteiger partial charge in [-0.05, 0) is 40.2 Å². The van der Waals surface area contributed by atoms with Crippen LogP contribution in [0.1, 0.15) is 0 Å². The fraction of sp³-hybridized carbons (Fsp3) is 0.0909. The normalized spacial score (nSPS) is 10.0. The number of nitrogen functional groups attached to an aromatic ring is 1. The van der Waals surface area contributed by atoms with Crippen molar-refractivity contribution in [3.05, 3.63) is 34.9 Å². The predicted octanol–water partition coefficient (Wildman–Crippen LogP) is 2.57. The molecule has 1 aromatic carbocycles. The van der Waals surface area contributed by atoms with Crippen molar-refractivity contribution in [3.63, 3.8) is 0 Å². The molecule has 0 saturated carbocycles. The fourth-order valence-corrected chi connectivity index (χ4v) is 1.85. The van der Waals surface area contributed by atoms with Crippen molar-refractivity contribution in [2.45, 2.75) is 0 Å². The molecule has 0 aliphatic heterocycles. The number of aromatic nitrogens is 2. The van der Waals surface area contributed by atoms with Crippen LogP contribution >= 0.6 is 15.9 Å². The monoisotopic (exact) mass is 294 g/mol. The molecule has 0 aliphatic rings. The molecule has 0 saturated heterocycles. The van der Waals surface area contributed by atoms with Crippen molar-refractivity contribution in [2.24, 2.45) is 0 Å². The third kappa shape index (κ3) is 2.85. The van der Waals surface area contributed by atoms with E-state index in [4.69, 9.17) is 10.5 Å². The standard InChI is InChI=1S/C11H11BrN4O/c1-17-9-3-2-7(6-8(9)12)15-11-14-5-4-10(13)16-11/h2-6H,1H3,(H3,13,14,15,16). The molecule has 0 bridgehead atoms. The van der Waals surface area contributed by atoms with E-state index in [1.165, 1.54) is 0 Å². The summed E-state index contributed by atoms with van der Waals surface area (Å²) in [7, 11) is 1.62. The van der Waals surface area contributed by atoms with Gasteiger partial charge in [0.05, 0.1) is 11.6 Å². The number of nitrogens with zero attached hydrogens (tertiary/aromatic N) is 2. The van der Waals surface area contributed by atoms with E-state index in [2.05, 4.69) is 31.2 Å². The Morgan fingerprint density at radius 3 is 2.82 bits per heavy atom. The number of anilines is 3. The van der Waals surface area contributed by atoms with E-state index in [-0.39, 0.29) is 0 Å². The van der Waals surface area contributed by atoms with Crippen LogP contribution in [0.4, 0.5) is 17.5 Å². The Labute approximate surface area is 107 Å². The summed E-state index contributed by atoms with van der Waals surface area (Å²) in [6, 6.07) is 7.23. The number of hydrogen-bond donors (Lipinski definition) is 2. The first-order chi connectivity index (χ1) is 8.19. The summed E-state index contributed by atoms with van der Waals surface area (Å²) in [5.41, 5.74) is 6.42. The maximum absolute atomic E-state index is 5.57. The van der Waals surface area contributed by atoms with Crippen LogP contribution in [0.2, 0.25) is 0 Å². The molecule has 0 aliphatic carbocycles. The molecule has 2 rings (SSSR count). The summed E-state index contributed by atoms with van der Waals surface area (Å²) < 4.78 is 6.00. The molecule has 2 aromatic rings. The molecule has 0 fully saturated rings. The number of methoxy groups -OCH3 is 1. The van der Waals surface area contributed by atoms with E-state index >= 15 is 0 Å². The van der Waals surface area contributed by atoms with Gasteiger partial charge in [-0.1, -0.05) is 0 Å². The molecular formula is C11H11BrN4O. The molecule has 0 atom stereocenters. The minimum atomic E-state index is 0.426. The van der Waals surface area contributed by atoms with Gasteiger partial charge in [-0.2, -0.15) is 4.98 Å². The average molecular weight is 295 g/mol. The van der Waals surface area contributed by atoms with Crippen molar-refractivity contribution in [1.29, 1.82) is 0 Å². The van der Waals surface area contributed by atoms with E-state index in [0.29, 0.717) is 11.8 Å². The zero-order chi connectivity index (χ0) is 12.3. The number of nitrogens with one attached hydrogen (secondary N) is 1. The van der Waals surface area contributed by atoms with E-state index in [1.807, 2.05) is 18.2 Å². The van der Waals surface area contributed by atoms with Gasteiger partial charge in [0.1, 0.15) is 11.6 Å². The molecule has 0 spiro atoms. The second kappa shape index (κ2) is 5.01. The minimum absolute atomic E-state index is 0.426. The first-order valence-electron chi connectivity index (χ1n) is 4.88. The number of rotatable bonds is 3. The molecule has 88 valence electrons. The first kappa shape index (κ1) is 11.7. The number of benzene rings is 1. The highest BCUT2D eigenvalue weighted by molar-refractivity contribution is 9.10. The van der Waals surface area contributed by atoms with Crippen molar-refractivity contribution < 1.29 is 4.74 Å². The third-order valence-corrected chi connectivity index (χ3v) is 2.70. The van der Waals surface area contributed by atoms with Crippen molar-refractivity contribution >= 4 is 33.4 Å². The second-order valence-electron chi connectivity index (χ2n) is 3.28. The van der Waals surface area contributed by atoms with Crippen LogP contribution in [0.5, 0.6) is 5.75 Å². The minimum Gasteiger partial charge on any atom is -0.496 e. The molecule has 6 heteroatoms. The Hall–Kier alpha value is -1.82. The largest absolute Gasteiger partial charge is 0.496 e. The lowest BCUT2D eigenvalue weighted by molar-refractivity contribution is 0.412. The van der Waals surface area contributed by atoms with Gasteiger partial charge in [-0.3, -0.25) is 0 Å². The van der Waals surface area contributed by atoms with Crippen molar-refractivity contribution in [3.8, 4) is 5.75 Å². The van der Waals surface area contributed by atoms with E-state index in [1.54, 1.807) is 19.4 Å².